The number of hydrogen-bond acceptors (Lipinski definition) is 1. The lowest BCUT2D eigenvalue weighted by molar-refractivity contribution is 0.672. The van der Waals surface area contributed by atoms with Gasteiger partial charge in [0.05, 0.1) is 0 Å². The Bertz CT molecular complexity index is 2380. The number of benzene rings is 7. The summed E-state index contributed by atoms with van der Waals surface area (Å²) in [4.78, 5) is 0. The van der Waals surface area contributed by atoms with Gasteiger partial charge in [0.25, 0.3) is 0 Å². The molecule has 1 nitrogen and oxygen atoms in total. The second-order valence-electron chi connectivity index (χ2n) is 10.9. The molecule has 0 bridgehead atoms. The molecule has 1 heteroatoms. The first-order valence-corrected chi connectivity index (χ1v) is 14.4. The second kappa shape index (κ2) is 9.61. The summed E-state index contributed by atoms with van der Waals surface area (Å²) in [5, 5.41) is 9.59. The first-order chi connectivity index (χ1) is 20.7. The SMILES string of the molecule is C=C/C=C\c1c(C)c(-c2ccc3oc4c5ccccc5ccc4c3c2)c2ccccc2c1-c1cccc2ccccc12. The Morgan fingerprint density at radius 1 is 0.571 bits per heavy atom. The van der Waals surface area contributed by atoms with E-state index in [1.165, 1.54) is 60.3 Å². The van der Waals surface area contributed by atoms with Crippen LogP contribution in [0.1, 0.15) is 11.1 Å². The van der Waals surface area contributed by atoms with Gasteiger partial charge in [-0.1, -0.05) is 128 Å². The van der Waals surface area contributed by atoms with E-state index in [1.807, 2.05) is 12.2 Å². The van der Waals surface area contributed by atoms with E-state index in [-0.39, 0.29) is 0 Å². The van der Waals surface area contributed by atoms with Gasteiger partial charge in [-0.05, 0) is 85.4 Å². The first-order valence-electron chi connectivity index (χ1n) is 14.4. The summed E-state index contributed by atoms with van der Waals surface area (Å²) < 4.78 is 6.45. The third kappa shape index (κ3) is 3.64. The first kappa shape index (κ1) is 24.4. The van der Waals surface area contributed by atoms with Crippen LogP contribution in [0.2, 0.25) is 0 Å². The molecular formula is C41H28O. The molecule has 0 fully saturated rings. The molecule has 0 saturated heterocycles. The van der Waals surface area contributed by atoms with Gasteiger partial charge in [0, 0.05) is 16.2 Å². The minimum atomic E-state index is 0.909. The van der Waals surface area contributed by atoms with Gasteiger partial charge in [0.15, 0.2) is 0 Å². The number of furan rings is 1. The van der Waals surface area contributed by atoms with Crippen LogP contribution in [0.15, 0.2) is 144 Å². The van der Waals surface area contributed by atoms with E-state index in [9.17, 15) is 0 Å². The standard InChI is InChI=1S/C41H28O/c1-3-4-15-30-26(2)39(29-22-24-38-37(25-29)36-23-21-28-13-6-8-17-32(28)41(36)42-38)34-18-9-10-19-35(34)40(30)33-20-11-14-27-12-5-7-16-31(27)33/h3-25H,1H2,2H3/b15-4-. The molecule has 0 N–H and O–H groups in total. The Morgan fingerprint density at radius 3 is 2.02 bits per heavy atom. The summed E-state index contributed by atoms with van der Waals surface area (Å²) in [6, 6.07) is 43.5. The average Bonchev–Trinajstić information content (AvgIpc) is 3.42. The van der Waals surface area contributed by atoms with Crippen LogP contribution in [0.3, 0.4) is 0 Å². The molecule has 198 valence electrons. The number of allylic oxidation sites excluding steroid dienone is 2. The monoisotopic (exact) mass is 536 g/mol. The van der Waals surface area contributed by atoms with Crippen LogP contribution in [0.25, 0.3) is 82.6 Å². The van der Waals surface area contributed by atoms with Crippen molar-refractivity contribution in [2.24, 2.45) is 0 Å². The zero-order valence-corrected chi connectivity index (χ0v) is 23.4. The summed E-state index contributed by atoms with van der Waals surface area (Å²) in [6.07, 6.45) is 6.12. The highest BCUT2D eigenvalue weighted by Crippen LogP contribution is 2.45. The largest absolute Gasteiger partial charge is 0.455 e. The fourth-order valence-electron chi connectivity index (χ4n) is 6.73. The maximum Gasteiger partial charge on any atom is 0.143 e. The van der Waals surface area contributed by atoms with Crippen molar-refractivity contribution in [1.82, 2.24) is 0 Å². The molecule has 0 unspecified atom stereocenters. The van der Waals surface area contributed by atoms with E-state index >= 15 is 0 Å². The Hall–Kier alpha value is -5.40. The molecule has 0 atom stereocenters. The van der Waals surface area contributed by atoms with Crippen molar-refractivity contribution in [3.63, 3.8) is 0 Å². The summed E-state index contributed by atoms with van der Waals surface area (Å²) >= 11 is 0. The predicted molar refractivity (Wildman–Crippen MR) is 181 cm³/mol. The molecule has 0 aliphatic rings. The fraction of sp³-hybridized carbons (Fsp3) is 0.0244. The van der Waals surface area contributed by atoms with Gasteiger partial charge in [-0.15, -0.1) is 0 Å². The molecule has 8 aromatic rings. The van der Waals surface area contributed by atoms with E-state index in [2.05, 4.69) is 141 Å². The summed E-state index contributed by atoms with van der Waals surface area (Å²) in [5.41, 5.74) is 9.23. The number of fused-ring (bicyclic) bond motifs is 7. The predicted octanol–water partition coefficient (Wildman–Crippen LogP) is 11.9. The lowest BCUT2D eigenvalue weighted by Crippen LogP contribution is -1.96. The van der Waals surface area contributed by atoms with Gasteiger partial charge in [0.2, 0.25) is 0 Å². The van der Waals surface area contributed by atoms with Crippen LogP contribution in [0, 0.1) is 6.92 Å². The molecule has 0 spiro atoms. The van der Waals surface area contributed by atoms with E-state index in [1.54, 1.807) is 0 Å². The molecule has 1 aromatic heterocycles. The van der Waals surface area contributed by atoms with Gasteiger partial charge in [0.1, 0.15) is 11.2 Å². The molecule has 7 aromatic carbocycles. The summed E-state index contributed by atoms with van der Waals surface area (Å²) in [7, 11) is 0. The quantitative estimate of drug-likeness (QED) is 0.204. The molecule has 0 aliphatic heterocycles. The minimum absolute atomic E-state index is 0.909. The van der Waals surface area contributed by atoms with E-state index < -0.39 is 0 Å². The highest BCUT2D eigenvalue weighted by atomic mass is 16.3. The van der Waals surface area contributed by atoms with Crippen LogP contribution in [0.4, 0.5) is 0 Å². The normalized spacial score (nSPS) is 11.9. The maximum absolute atomic E-state index is 6.45. The van der Waals surface area contributed by atoms with Crippen molar-refractivity contribution in [3.8, 4) is 22.3 Å². The van der Waals surface area contributed by atoms with Crippen LogP contribution in [-0.2, 0) is 0 Å². The van der Waals surface area contributed by atoms with Gasteiger partial charge in [-0.25, -0.2) is 0 Å². The lowest BCUT2D eigenvalue weighted by Gasteiger charge is -2.21. The highest BCUT2D eigenvalue weighted by molar-refractivity contribution is 6.17. The second-order valence-corrected chi connectivity index (χ2v) is 10.9. The zero-order valence-electron chi connectivity index (χ0n) is 23.4. The molecule has 8 rings (SSSR count). The molecule has 0 saturated carbocycles. The van der Waals surface area contributed by atoms with Crippen molar-refractivity contribution < 1.29 is 4.42 Å². The maximum atomic E-state index is 6.45. The lowest BCUT2D eigenvalue weighted by atomic mass is 9.82. The van der Waals surface area contributed by atoms with Crippen molar-refractivity contribution in [2.75, 3.05) is 0 Å². The molecular weight excluding hydrogens is 508 g/mol. The van der Waals surface area contributed by atoms with Crippen molar-refractivity contribution in [1.29, 1.82) is 0 Å². The molecule has 42 heavy (non-hydrogen) atoms. The van der Waals surface area contributed by atoms with E-state index in [4.69, 9.17) is 4.42 Å². The third-order valence-electron chi connectivity index (χ3n) is 8.62. The van der Waals surface area contributed by atoms with E-state index in [0.29, 0.717) is 0 Å². The number of rotatable bonds is 4. The Kier molecular flexibility index (Phi) is 5.58. The molecule has 1 heterocycles. The van der Waals surface area contributed by atoms with Crippen molar-refractivity contribution in [3.05, 3.63) is 151 Å². The van der Waals surface area contributed by atoms with Gasteiger partial charge in [-0.2, -0.15) is 0 Å². The van der Waals surface area contributed by atoms with Gasteiger partial charge in [-0.3, -0.25) is 0 Å². The zero-order chi connectivity index (χ0) is 28.2. The molecule has 0 radical (unpaired) electrons. The Morgan fingerprint density at radius 2 is 1.24 bits per heavy atom. The fourth-order valence-corrected chi connectivity index (χ4v) is 6.73. The van der Waals surface area contributed by atoms with Gasteiger partial charge >= 0.3 is 0 Å². The minimum Gasteiger partial charge on any atom is -0.455 e. The Balaban J connectivity index is 1.46. The molecule has 0 amide bonds. The van der Waals surface area contributed by atoms with Crippen molar-refractivity contribution >= 4 is 60.3 Å². The average molecular weight is 537 g/mol. The summed E-state index contributed by atoms with van der Waals surface area (Å²) in [5.74, 6) is 0. The van der Waals surface area contributed by atoms with Crippen LogP contribution in [0.5, 0.6) is 0 Å². The van der Waals surface area contributed by atoms with Crippen LogP contribution >= 0.6 is 0 Å². The topological polar surface area (TPSA) is 13.1 Å². The van der Waals surface area contributed by atoms with Gasteiger partial charge < -0.3 is 4.42 Å². The van der Waals surface area contributed by atoms with Crippen LogP contribution in [-0.4, -0.2) is 0 Å². The summed E-state index contributed by atoms with van der Waals surface area (Å²) in [6.45, 7) is 6.24. The van der Waals surface area contributed by atoms with Crippen molar-refractivity contribution in [2.45, 2.75) is 6.92 Å². The third-order valence-corrected chi connectivity index (χ3v) is 8.62. The van der Waals surface area contributed by atoms with Crippen LogP contribution < -0.4 is 0 Å². The highest BCUT2D eigenvalue weighted by Gasteiger charge is 2.20. The molecule has 0 aliphatic carbocycles. The number of hydrogen-bond donors (Lipinski definition) is 0. The smallest absolute Gasteiger partial charge is 0.143 e. The van der Waals surface area contributed by atoms with E-state index in [0.717, 1.165) is 27.3 Å². The Labute approximate surface area is 244 Å².